The Morgan fingerprint density at radius 3 is 2.50 bits per heavy atom. The lowest BCUT2D eigenvalue weighted by Gasteiger charge is -2.08. The van der Waals surface area contributed by atoms with Gasteiger partial charge >= 0.3 is 0 Å². The van der Waals surface area contributed by atoms with E-state index in [9.17, 15) is 18.5 Å². The fraction of sp³-hybridized carbons (Fsp3) is 0.0588. The molecule has 0 bridgehead atoms. The van der Waals surface area contributed by atoms with Gasteiger partial charge in [-0.2, -0.15) is 0 Å². The Morgan fingerprint density at radius 2 is 1.85 bits per heavy atom. The predicted octanol–water partition coefficient (Wildman–Crippen LogP) is 4.13. The zero-order valence-corrected chi connectivity index (χ0v) is 15.2. The van der Waals surface area contributed by atoms with Gasteiger partial charge in [0, 0.05) is 10.3 Å². The fourth-order valence-electron chi connectivity index (χ4n) is 2.35. The maximum absolute atomic E-state index is 12.6. The standard InChI is InChI=1S/C17H14N2O5S2/c1-24-14-7-8-17(15(10-14)19(20)21)26(22,23)18-13-9-16(25-11-13)12-5-3-2-4-6-12/h2-11,18H,1H3. The second-order valence-electron chi connectivity index (χ2n) is 5.26. The molecule has 1 heterocycles. The summed E-state index contributed by atoms with van der Waals surface area (Å²) in [6.07, 6.45) is 0. The van der Waals surface area contributed by atoms with Crippen molar-refractivity contribution < 1.29 is 18.1 Å². The molecule has 0 aliphatic carbocycles. The van der Waals surface area contributed by atoms with Gasteiger partial charge in [-0.1, -0.05) is 30.3 Å². The number of nitrogens with one attached hydrogen (secondary N) is 1. The van der Waals surface area contributed by atoms with E-state index in [1.807, 2.05) is 30.3 Å². The van der Waals surface area contributed by atoms with Crippen molar-refractivity contribution in [2.24, 2.45) is 0 Å². The molecule has 3 aromatic rings. The summed E-state index contributed by atoms with van der Waals surface area (Å²) in [7, 11) is -2.77. The predicted molar refractivity (Wildman–Crippen MR) is 100 cm³/mol. The Kier molecular flexibility index (Phi) is 4.92. The van der Waals surface area contributed by atoms with E-state index >= 15 is 0 Å². The number of thiophene rings is 1. The van der Waals surface area contributed by atoms with Gasteiger partial charge in [-0.05, 0) is 23.8 Å². The summed E-state index contributed by atoms with van der Waals surface area (Å²) in [6, 6.07) is 14.8. The zero-order chi connectivity index (χ0) is 18.7. The van der Waals surface area contributed by atoms with Crippen LogP contribution in [0.1, 0.15) is 0 Å². The van der Waals surface area contributed by atoms with Crippen LogP contribution >= 0.6 is 11.3 Å². The molecule has 0 spiro atoms. The third-order valence-corrected chi connectivity index (χ3v) is 5.97. The van der Waals surface area contributed by atoms with E-state index in [0.717, 1.165) is 22.6 Å². The minimum absolute atomic E-state index is 0.206. The molecule has 0 radical (unpaired) electrons. The topological polar surface area (TPSA) is 98.5 Å². The Balaban J connectivity index is 1.93. The molecule has 9 heteroatoms. The number of rotatable bonds is 6. The summed E-state index contributed by atoms with van der Waals surface area (Å²) in [4.78, 5) is 10.9. The first-order valence-electron chi connectivity index (χ1n) is 7.40. The summed E-state index contributed by atoms with van der Waals surface area (Å²) in [5.74, 6) is 0.206. The molecule has 7 nitrogen and oxygen atoms in total. The molecule has 1 N–H and O–H groups in total. The number of hydrogen-bond donors (Lipinski definition) is 1. The highest BCUT2D eigenvalue weighted by molar-refractivity contribution is 7.92. The molecule has 0 unspecified atom stereocenters. The van der Waals surface area contributed by atoms with Gasteiger partial charge in [0.25, 0.3) is 15.7 Å². The number of anilines is 1. The first-order valence-corrected chi connectivity index (χ1v) is 9.76. The van der Waals surface area contributed by atoms with Gasteiger partial charge in [-0.25, -0.2) is 8.42 Å². The molecule has 0 saturated carbocycles. The highest BCUT2D eigenvalue weighted by Gasteiger charge is 2.27. The van der Waals surface area contributed by atoms with Crippen LogP contribution in [0.2, 0.25) is 0 Å². The Bertz CT molecular complexity index is 1050. The molecule has 0 aliphatic heterocycles. The molecular formula is C17H14N2O5S2. The number of ether oxygens (including phenoxy) is 1. The summed E-state index contributed by atoms with van der Waals surface area (Å²) >= 11 is 1.37. The molecule has 26 heavy (non-hydrogen) atoms. The number of benzene rings is 2. The minimum Gasteiger partial charge on any atom is -0.497 e. The number of nitro benzene ring substituents is 1. The summed E-state index contributed by atoms with van der Waals surface area (Å²) < 4.78 is 32.6. The van der Waals surface area contributed by atoms with Crippen LogP contribution in [0.25, 0.3) is 10.4 Å². The lowest BCUT2D eigenvalue weighted by molar-refractivity contribution is -0.387. The Labute approximate surface area is 154 Å². The largest absolute Gasteiger partial charge is 0.497 e. The van der Waals surface area contributed by atoms with Crippen LogP contribution in [0.15, 0.2) is 64.9 Å². The number of nitro groups is 1. The van der Waals surface area contributed by atoms with Gasteiger partial charge in [-0.3, -0.25) is 14.8 Å². The van der Waals surface area contributed by atoms with Crippen molar-refractivity contribution in [3.63, 3.8) is 0 Å². The summed E-state index contributed by atoms with van der Waals surface area (Å²) in [6.45, 7) is 0. The number of methoxy groups -OCH3 is 1. The molecule has 1 aromatic heterocycles. The maximum Gasteiger partial charge on any atom is 0.293 e. The quantitative estimate of drug-likeness (QED) is 0.504. The van der Waals surface area contributed by atoms with Crippen molar-refractivity contribution in [1.29, 1.82) is 0 Å². The van der Waals surface area contributed by atoms with Crippen molar-refractivity contribution in [1.82, 2.24) is 0 Å². The van der Waals surface area contributed by atoms with E-state index in [4.69, 9.17) is 4.74 Å². The summed E-state index contributed by atoms with van der Waals surface area (Å²) in [5, 5.41) is 12.9. The average molecular weight is 390 g/mol. The molecule has 3 rings (SSSR count). The highest BCUT2D eigenvalue weighted by Crippen LogP contribution is 2.33. The summed E-state index contributed by atoms with van der Waals surface area (Å²) in [5.41, 5.74) is 0.757. The lowest BCUT2D eigenvalue weighted by Crippen LogP contribution is -2.14. The van der Waals surface area contributed by atoms with Crippen LogP contribution in [-0.4, -0.2) is 20.5 Å². The van der Waals surface area contributed by atoms with Crippen LogP contribution in [0.3, 0.4) is 0 Å². The van der Waals surface area contributed by atoms with Crippen molar-refractivity contribution in [3.05, 3.63) is 70.1 Å². The second kappa shape index (κ2) is 7.14. The first-order chi connectivity index (χ1) is 12.4. The molecule has 0 atom stereocenters. The van der Waals surface area contributed by atoms with E-state index in [1.165, 1.54) is 24.5 Å². The van der Waals surface area contributed by atoms with Gasteiger partial charge in [0.05, 0.1) is 23.8 Å². The van der Waals surface area contributed by atoms with Gasteiger partial charge in [0.15, 0.2) is 4.90 Å². The van der Waals surface area contributed by atoms with Crippen LogP contribution in [0.4, 0.5) is 11.4 Å². The fourth-order valence-corrected chi connectivity index (χ4v) is 4.46. The van der Waals surface area contributed by atoms with Crippen molar-refractivity contribution in [2.45, 2.75) is 4.90 Å². The van der Waals surface area contributed by atoms with Crippen LogP contribution < -0.4 is 9.46 Å². The monoisotopic (exact) mass is 390 g/mol. The van der Waals surface area contributed by atoms with Crippen LogP contribution in [0.5, 0.6) is 5.75 Å². The molecular weight excluding hydrogens is 376 g/mol. The molecule has 0 aliphatic rings. The molecule has 0 fully saturated rings. The average Bonchev–Trinajstić information content (AvgIpc) is 3.09. The van der Waals surface area contributed by atoms with Crippen LogP contribution in [-0.2, 0) is 10.0 Å². The van der Waals surface area contributed by atoms with Crippen molar-refractivity contribution in [2.75, 3.05) is 11.8 Å². The number of hydrogen-bond acceptors (Lipinski definition) is 6. The maximum atomic E-state index is 12.6. The first kappa shape index (κ1) is 17.9. The van der Waals surface area contributed by atoms with E-state index < -0.39 is 25.5 Å². The second-order valence-corrected chi connectivity index (χ2v) is 7.82. The number of sulfonamides is 1. The Morgan fingerprint density at radius 1 is 1.12 bits per heavy atom. The van der Waals surface area contributed by atoms with Crippen LogP contribution in [0, 0.1) is 10.1 Å². The van der Waals surface area contributed by atoms with Gasteiger partial charge < -0.3 is 4.74 Å². The third-order valence-electron chi connectivity index (χ3n) is 3.56. The lowest BCUT2D eigenvalue weighted by atomic mass is 10.2. The normalized spacial score (nSPS) is 11.1. The minimum atomic E-state index is -4.12. The van der Waals surface area contributed by atoms with Crippen molar-refractivity contribution >= 4 is 32.7 Å². The molecule has 134 valence electrons. The highest BCUT2D eigenvalue weighted by atomic mass is 32.2. The number of nitrogens with zero attached hydrogens (tertiary/aromatic N) is 1. The smallest absolute Gasteiger partial charge is 0.293 e. The van der Waals surface area contributed by atoms with E-state index in [2.05, 4.69) is 4.72 Å². The van der Waals surface area contributed by atoms with Crippen molar-refractivity contribution in [3.8, 4) is 16.2 Å². The molecule has 2 aromatic carbocycles. The van der Waals surface area contributed by atoms with Gasteiger partial charge in [-0.15, -0.1) is 11.3 Å². The van der Waals surface area contributed by atoms with Gasteiger partial charge in [0.1, 0.15) is 5.75 Å². The SMILES string of the molecule is COc1ccc(S(=O)(=O)Nc2csc(-c3ccccc3)c2)c([N+](=O)[O-])c1. The van der Waals surface area contributed by atoms with E-state index in [-0.39, 0.29) is 5.75 Å². The zero-order valence-electron chi connectivity index (χ0n) is 13.6. The molecule has 0 amide bonds. The van der Waals surface area contributed by atoms with Gasteiger partial charge in [0.2, 0.25) is 0 Å². The Hall–Kier alpha value is -2.91. The molecule has 0 saturated heterocycles. The third kappa shape index (κ3) is 3.68. The van der Waals surface area contributed by atoms with E-state index in [0.29, 0.717) is 5.69 Å². The van der Waals surface area contributed by atoms with E-state index in [1.54, 1.807) is 11.4 Å².